The maximum atomic E-state index is 11.3. The second-order valence-corrected chi connectivity index (χ2v) is 4.68. The summed E-state index contributed by atoms with van der Waals surface area (Å²) in [4.78, 5) is 33.2. The molecule has 0 saturated heterocycles. The maximum absolute atomic E-state index is 11.3. The van der Waals surface area contributed by atoms with Crippen molar-refractivity contribution in [2.45, 2.75) is 13.5 Å². The molecule has 1 aromatic rings. The number of hydrogen-bond donors (Lipinski definition) is 1. The Labute approximate surface area is 107 Å². The van der Waals surface area contributed by atoms with Crippen LogP contribution in [0.15, 0.2) is 30.3 Å². The molecule has 0 saturated carbocycles. The van der Waals surface area contributed by atoms with Crippen LogP contribution in [-0.4, -0.2) is 23.7 Å². The van der Waals surface area contributed by atoms with Crippen LogP contribution >= 0.6 is 8.58 Å². The molecule has 1 atom stereocenters. The van der Waals surface area contributed by atoms with E-state index in [1.165, 1.54) is 6.92 Å². The Hall–Kier alpha value is -1.74. The van der Waals surface area contributed by atoms with E-state index in [1.54, 1.807) is 0 Å². The number of ether oxygens (including phenoxy) is 1. The molecule has 0 fully saturated rings. The molecule has 1 rings (SSSR count). The fourth-order valence-electron chi connectivity index (χ4n) is 1.10. The number of nitrogens with one attached hydrogen (secondary N) is 1. The first-order valence-electron chi connectivity index (χ1n) is 5.33. The molecule has 1 unspecified atom stereocenters. The van der Waals surface area contributed by atoms with Gasteiger partial charge in [-0.1, -0.05) is 30.3 Å². The zero-order valence-corrected chi connectivity index (χ0v) is 10.9. The van der Waals surface area contributed by atoms with Crippen molar-refractivity contribution >= 4 is 25.7 Å². The molecule has 0 heterocycles. The monoisotopic (exact) mass is 267 g/mol. The van der Waals surface area contributed by atoms with Crippen LogP contribution in [0.5, 0.6) is 0 Å². The Morgan fingerprint density at radius 3 is 2.50 bits per heavy atom. The molecule has 0 bridgehead atoms. The minimum absolute atomic E-state index is 0.0577. The van der Waals surface area contributed by atoms with Crippen molar-refractivity contribution in [2.75, 3.05) is 6.54 Å². The van der Waals surface area contributed by atoms with Gasteiger partial charge in [-0.25, -0.2) is 4.79 Å². The van der Waals surface area contributed by atoms with E-state index in [0.717, 1.165) is 5.56 Å². The Balaban J connectivity index is 2.25. The van der Waals surface area contributed by atoms with Crippen LogP contribution in [0, 0.1) is 0 Å². The summed E-state index contributed by atoms with van der Waals surface area (Å²) >= 11 is 0. The summed E-state index contributed by atoms with van der Waals surface area (Å²) < 4.78 is 4.93. The standard InChI is InChI=1S/C12H14NO4P/c1-9(14)7-13-11(15)18-12(16)17-8-10-5-3-2-4-6-10/h2-6,18H,7-8H2,1H3,(H,13,15). The van der Waals surface area contributed by atoms with Crippen molar-refractivity contribution < 1.29 is 19.1 Å². The van der Waals surface area contributed by atoms with Crippen LogP contribution in [-0.2, 0) is 16.1 Å². The van der Waals surface area contributed by atoms with E-state index in [1.807, 2.05) is 30.3 Å². The molecular weight excluding hydrogens is 253 g/mol. The first-order valence-corrected chi connectivity index (χ1v) is 6.33. The second kappa shape index (κ2) is 7.56. The van der Waals surface area contributed by atoms with Crippen LogP contribution < -0.4 is 5.32 Å². The van der Waals surface area contributed by atoms with Gasteiger partial charge in [-0.15, -0.1) is 0 Å². The highest BCUT2D eigenvalue weighted by Gasteiger charge is 2.10. The van der Waals surface area contributed by atoms with Gasteiger partial charge in [-0.2, -0.15) is 0 Å². The minimum Gasteiger partial charge on any atom is -0.458 e. The summed E-state index contributed by atoms with van der Waals surface area (Å²) in [5, 5.41) is 2.33. The molecule has 0 aromatic heterocycles. The van der Waals surface area contributed by atoms with Crippen LogP contribution in [0.25, 0.3) is 0 Å². The third kappa shape index (κ3) is 6.11. The Bertz CT molecular complexity index is 433. The summed E-state index contributed by atoms with van der Waals surface area (Å²) in [6.45, 7) is 1.45. The van der Waals surface area contributed by atoms with E-state index < -0.39 is 19.9 Å². The van der Waals surface area contributed by atoms with E-state index >= 15 is 0 Å². The maximum Gasteiger partial charge on any atom is 0.333 e. The Kier molecular flexibility index (Phi) is 6.01. The Morgan fingerprint density at radius 1 is 1.22 bits per heavy atom. The highest BCUT2D eigenvalue weighted by atomic mass is 31.1. The fourth-order valence-corrected chi connectivity index (χ4v) is 1.61. The van der Waals surface area contributed by atoms with Gasteiger partial charge >= 0.3 is 5.71 Å². The van der Waals surface area contributed by atoms with E-state index in [-0.39, 0.29) is 18.9 Å². The normalized spacial score (nSPS) is 10.3. The van der Waals surface area contributed by atoms with Crippen molar-refractivity contribution in [1.82, 2.24) is 5.32 Å². The molecule has 96 valence electrons. The zero-order valence-electron chi connectivity index (χ0n) is 9.93. The third-order valence-electron chi connectivity index (χ3n) is 1.93. The summed E-state index contributed by atoms with van der Waals surface area (Å²) in [7, 11) is -0.632. The number of rotatable bonds is 6. The predicted octanol–water partition coefficient (Wildman–Crippen LogP) is 2.30. The molecule has 1 amide bonds. The topological polar surface area (TPSA) is 72.5 Å². The predicted molar refractivity (Wildman–Crippen MR) is 69.0 cm³/mol. The fraction of sp³-hybridized carbons (Fsp3) is 0.250. The largest absolute Gasteiger partial charge is 0.458 e. The third-order valence-corrected chi connectivity index (χ3v) is 2.68. The van der Waals surface area contributed by atoms with Crippen molar-refractivity contribution in [3.63, 3.8) is 0 Å². The lowest BCUT2D eigenvalue weighted by atomic mass is 10.2. The van der Waals surface area contributed by atoms with Crippen LogP contribution in [0.3, 0.4) is 0 Å². The van der Waals surface area contributed by atoms with Gasteiger partial charge in [-0.05, 0) is 12.5 Å². The minimum atomic E-state index is -0.632. The molecule has 0 spiro atoms. The zero-order chi connectivity index (χ0) is 13.4. The number of amides is 1. The lowest BCUT2D eigenvalue weighted by Crippen LogP contribution is -2.24. The first kappa shape index (κ1) is 14.3. The average Bonchev–Trinajstić information content (AvgIpc) is 2.35. The quantitative estimate of drug-likeness (QED) is 0.803. The van der Waals surface area contributed by atoms with E-state index in [2.05, 4.69) is 5.32 Å². The molecule has 18 heavy (non-hydrogen) atoms. The van der Waals surface area contributed by atoms with Gasteiger partial charge in [0.15, 0.2) is 0 Å². The van der Waals surface area contributed by atoms with Crippen molar-refractivity contribution in [3.05, 3.63) is 35.9 Å². The van der Waals surface area contributed by atoms with Gasteiger partial charge in [0.1, 0.15) is 12.4 Å². The number of ketones is 1. The summed E-state index contributed by atoms with van der Waals surface area (Å²) in [6.07, 6.45) is 0. The smallest absolute Gasteiger partial charge is 0.333 e. The summed E-state index contributed by atoms with van der Waals surface area (Å²) in [5.74, 6) is -0.161. The summed E-state index contributed by atoms with van der Waals surface area (Å²) in [5.41, 5.74) is -0.206. The first-order chi connectivity index (χ1) is 8.58. The number of hydrogen-bond acceptors (Lipinski definition) is 4. The number of carbonyl (C=O) groups is 3. The van der Waals surface area contributed by atoms with Crippen molar-refractivity contribution in [2.24, 2.45) is 0 Å². The van der Waals surface area contributed by atoms with Crippen molar-refractivity contribution in [1.29, 1.82) is 0 Å². The molecule has 0 radical (unpaired) electrons. The number of benzene rings is 1. The molecule has 0 aliphatic rings. The molecule has 0 aliphatic carbocycles. The number of carbonyl (C=O) groups excluding carboxylic acids is 3. The van der Waals surface area contributed by atoms with Gasteiger partial charge in [0.25, 0.3) is 0 Å². The van der Waals surface area contributed by atoms with Crippen LogP contribution in [0.1, 0.15) is 12.5 Å². The van der Waals surface area contributed by atoms with Gasteiger partial charge in [0.05, 0.1) is 15.1 Å². The molecular formula is C12H14NO4P. The molecule has 1 N–H and O–H groups in total. The highest BCUT2D eigenvalue weighted by Crippen LogP contribution is 2.16. The molecule has 6 heteroatoms. The van der Waals surface area contributed by atoms with Gasteiger partial charge in [0, 0.05) is 0 Å². The lowest BCUT2D eigenvalue weighted by molar-refractivity contribution is -0.116. The molecule has 5 nitrogen and oxygen atoms in total. The second-order valence-electron chi connectivity index (χ2n) is 3.57. The highest BCUT2D eigenvalue weighted by molar-refractivity contribution is 7.73. The van der Waals surface area contributed by atoms with Crippen LogP contribution in [0.4, 0.5) is 9.59 Å². The summed E-state index contributed by atoms with van der Waals surface area (Å²) in [6, 6.07) is 9.19. The molecule has 0 aliphatic heterocycles. The van der Waals surface area contributed by atoms with E-state index in [0.29, 0.717) is 0 Å². The van der Waals surface area contributed by atoms with Gasteiger partial charge in [0.2, 0.25) is 5.65 Å². The van der Waals surface area contributed by atoms with Crippen LogP contribution in [0.2, 0.25) is 0 Å². The average molecular weight is 267 g/mol. The van der Waals surface area contributed by atoms with Gasteiger partial charge < -0.3 is 10.1 Å². The SMILES string of the molecule is CC(=O)CNC(=O)PC(=O)OCc1ccccc1. The van der Waals surface area contributed by atoms with E-state index in [4.69, 9.17) is 4.74 Å². The number of Topliss-reactive ketones (excluding diaryl/α,β-unsaturated/α-hetero) is 1. The van der Waals surface area contributed by atoms with E-state index in [9.17, 15) is 14.4 Å². The lowest BCUT2D eigenvalue weighted by Gasteiger charge is -2.05. The molecule has 1 aromatic carbocycles. The Morgan fingerprint density at radius 2 is 1.89 bits per heavy atom. The van der Waals surface area contributed by atoms with Crippen molar-refractivity contribution in [3.8, 4) is 0 Å². The van der Waals surface area contributed by atoms with Gasteiger partial charge in [-0.3, -0.25) is 9.59 Å².